The van der Waals surface area contributed by atoms with Crippen LogP contribution in [0.5, 0.6) is 11.5 Å². The first kappa shape index (κ1) is 19.3. The van der Waals surface area contributed by atoms with Gasteiger partial charge in [-0.1, -0.05) is 13.0 Å². The second-order valence-corrected chi connectivity index (χ2v) is 6.47. The summed E-state index contributed by atoms with van der Waals surface area (Å²) in [5.74, 6) is -1.34. The zero-order valence-corrected chi connectivity index (χ0v) is 14.0. The third kappa shape index (κ3) is 3.96. The number of aryl methyl sites for hydroxylation is 1. The molecule has 2 aromatic rings. The van der Waals surface area contributed by atoms with Crippen LogP contribution >= 0.6 is 0 Å². The number of halogens is 4. The van der Waals surface area contributed by atoms with E-state index in [-0.39, 0.29) is 35.3 Å². The van der Waals surface area contributed by atoms with Crippen LogP contribution in [0.1, 0.15) is 12.5 Å². The number of hydrogen-bond acceptors (Lipinski definition) is 5. The van der Waals surface area contributed by atoms with Gasteiger partial charge < -0.3 is 13.7 Å². The normalized spacial score (nSPS) is 12.4. The lowest BCUT2D eigenvalue weighted by Crippen LogP contribution is -2.28. The van der Waals surface area contributed by atoms with Gasteiger partial charge in [0.2, 0.25) is 0 Å². The smallest absolute Gasteiger partial charge is 0.467 e. The van der Waals surface area contributed by atoms with Gasteiger partial charge in [0.05, 0.1) is 0 Å². The van der Waals surface area contributed by atoms with Crippen molar-refractivity contribution in [2.24, 2.45) is 0 Å². The van der Waals surface area contributed by atoms with Crippen LogP contribution in [0.4, 0.5) is 17.6 Å². The molecule has 0 aliphatic carbocycles. The Balaban J connectivity index is 2.71. The maximum Gasteiger partial charge on any atom is 0.534 e. The number of fused-ring (bicyclic) bond motifs is 1. The molecule has 0 unspecified atom stereocenters. The molecule has 0 amide bonds. The van der Waals surface area contributed by atoms with Gasteiger partial charge in [0, 0.05) is 18.6 Å². The molecule has 0 aliphatic rings. The summed E-state index contributed by atoms with van der Waals surface area (Å²) in [5.41, 5.74) is -5.59. The standard InChI is InChI=1S/C15H14F4O5S/c1-3-11-12(16)5-4-9-6-10(23-8-22-2)7-13(14(9)11)24-25(20,21)15(17,18)19/h4-7H,3,8H2,1-2H3. The summed E-state index contributed by atoms with van der Waals surface area (Å²) in [6.45, 7) is 1.36. The Bertz CT molecular complexity index is 878. The van der Waals surface area contributed by atoms with Crippen molar-refractivity contribution < 1.29 is 39.6 Å². The van der Waals surface area contributed by atoms with E-state index >= 15 is 0 Å². The molecule has 2 rings (SSSR count). The van der Waals surface area contributed by atoms with Crippen molar-refractivity contribution in [3.63, 3.8) is 0 Å². The number of rotatable bonds is 6. The second-order valence-electron chi connectivity index (χ2n) is 4.93. The molecule has 0 saturated carbocycles. The molecule has 0 bridgehead atoms. The van der Waals surface area contributed by atoms with Gasteiger partial charge in [-0.25, -0.2) is 4.39 Å². The zero-order valence-electron chi connectivity index (χ0n) is 13.2. The molecule has 0 spiro atoms. The largest absolute Gasteiger partial charge is 0.534 e. The van der Waals surface area contributed by atoms with Gasteiger partial charge in [0.15, 0.2) is 12.5 Å². The molecule has 0 saturated heterocycles. The van der Waals surface area contributed by atoms with Crippen molar-refractivity contribution in [1.29, 1.82) is 0 Å². The maximum atomic E-state index is 14.0. The van der Waals surface area contributed by atoms with Gasteiger partial charge in [-0.05, 0) is 29.5 Å². The summed E-state index contributed by atoms with van der Waals surface area (Å²) in [7, 11) is -4.60. The minimum atomic E-state index is -5.93. The van der Waals surface area contributed by atoms with Crippen LogP contribution in [0.3, 0.4) is 0 Å². The molecule has 0 N–H and O–H groups in total. The number of methoxy groups -OCH3 is 1. The number of hydrogen-bond donors (Lipinski definition) is 0. The minimum Gasteiger partial charge on any atom is -0.467 e. The van der Waals surface area contributed by atoms with Crippen molar-refractivity contribution >= 4 is 20.9 Å². The summed E-state index contributed by atoms with van der Waals surface area (Å²) >= 11 is 0. The monoisotopic (exact) mass is 382 g/mol. The van der Waals surface area contributed by atoms with E-state index in [1.54, 1.807) is 6.92 Å². The Kier molecular flexibility index (Phi) is 5.43. The SMILES string of the molecule is CCc1c(F)ccc2cc(OCOC)cc(OS(=O)(=O)C(F)(F)F)c12. The third-order valence-corrected chi connectivity index (χ3v) is 4.25. The topological polar surface area (TPSA) is 61.8 Å². The van der Waals surface area contributed by atoms with Crippen LogP contribution in [0.15, 0.2) is 24.3 Å². The molecule has 25 heavy (non-hydrogen) atoms. The van der Waals surface area contributed by atoms with Crippen LogP contribution in [0, 0.1) is 5.82 Å². The first-order chi connectivity index (χ1) is 11.6. The molecule has 10 heteroatoms. The number of benzene rings is 2. The predicted octanol–water partition coefficient (Wildman–Crippen LogP) is 3.75. The van der Waals surface area contributed by atoms with E-state index in [2.05, 4.69) is 4.18 Å². The van der Waals surface area contributed by atoms with Gasteiger partial charge in [-0.3, -0.25) is 0 Å². The highest BCUT2D eigenvalue weighted by Gasteiger charge is 2.48. The highest BCUT2D eigenvalue weighted by Crippen LogP contribution is 2.38. The van der Waals surface area contributed by atoms with E-state index < -0.39 is 27.2 Å². The average Bonchev–Trinajstić information content (AvgIpc) is 2.51. The van der Waals surface area contributed by atoms with E-state index in [1.165, 1.54) is 19.2 Å². The predicted molar refractivity (Wildman–Crippen MR) is 81.4 cm³/mol. The number of alkyl halides is 3. The second kappa shape index (κ2) is 7.04. The average molecular weight is 382 g/mol. The van der Waals surface area contributed by atoms with Gasteiger partial charge in [0.25, 0.3) is 0 Å². The zero-order chi connectivity index (χ0) is 18.8. The third-order valence-electron chi connectivity index (χ3n) is 3.29. The summed E-state index contributed by atoms with van der Waals surface area (Å²) in [5, 5.41) is 0.194. The summed E-state index contributed by atoms with van der Waals surface area (Å²) in [6.07, 6.45) is 0.115. The lowest BCUT2D eigenvalue weighted by molar-refractivity contribution is -0.0499. The Morgan fingerprint density at radius 3 is 2.40 bits per heavy atom. The van der Waals surface area contributed by atoms with Crippen LogP contribution < -0.4 is 8.92 Å². The van der Waals surface area contributed by atoms with Crippen LogP contribution in [0.25, 0.3) is 10.8 Å². The molecule has 0 aliphatic heterocycles. The Morgan fingerprint density at radius 2 is 1.84 bits per heavy atom. The van der Waals surface area contributed by atoms with Gasteiger partial charge >= 0.3 is 15.6 Å². The van der Waals surface area contributed by atoms with Gasteiger partial charge in [0.1, 0.15) is 11.6 Å². The number of ether oxygens (including phenoxy) is 2. The fourth-order valence-electron chi connectivity index (χ4n) is 2.24. The molecule has 0 atom stereocenters. The van der Waals surface area contributed by atoms with Crippen molar-refractivity contribution in [2.75, 3.05) is 13.9 Å². The highest BCUT2D eigenvalue weighted by molar-refractivity contribution is 7.88. The van der Waals surface area contributed by atoms with E-state index in [9.17, 15) is 26.0 Å². The molecule has 0 heterocycles. The fourth-order valence-corrected chi connectivity index (χ4v) is 2.70. The summed E-state index contributed by atoms with van der Waals surface area (Å²) < 4.78 is 88.8. The van der Waals surface area contributed by atoms with Crippen molar-refractivity contribution in [2.45, 2.75) is 18.9 Å². The Morgan fingerprint density at radius 1 is 1.16 bits per heavy atom. The molecule has 0 aromatic heterocycles. The minimum absolute atomic E-state index is 0.00962. The maximum absolute atomic E-state index is 14.0. The Labute approximate surface area is 141 Å². The van der Waals surface area contributed by atoms with Crippen LogP contribution in [-0.4, -0.2) is 27.8 Å². The van der Waals surface area contributed by atoms with Crippen LogP contribution in [-0.2, 0) is 21.3 Å². The molecule has 0 radical (unpaired) electrons. The summed E-state index contributed by atoms with van der Waals surface area (Å²) in [6, 6.07) is 4.78. The van der Waals surface area contributed by atoms with Crippen LogP contribution in [0.2, 0.25) is 0 Å². The molecular weight excluding hydrogens is 368 g/mol. The van der Waals surface area contributed by atoms with Gasteiger partial charge in [-0.15, -0.1) is 0 Å². The van der Waals surface area contributed by atoms with E-state index in [1.807, 2.05) is 0 Å². The van der Waals surface area contributed by atoms with Crippen molar-refractivity contribution in [3.05, 3.63) is 35.6 Å². The first-order valence-corrected chi connectivity index (χ1v) is 8.39. The lowest BCUT2D eigenvalue weighted by Gasteiger charge is -2.16. The fraction of sp³-hybridized carbons (Fsp3) is 0.333. The van der Waals surface area contributed by atoms with E-state index in [0.29, 0.717) is 0 Å². The Hall–Kier alpha value is -2.07. The molecule has 5 nitrogen and oxygen atoms in total. The molecule has 138 valence electrons. The van der Waals surface area contributed by atoms with Crippen molar-refractivity contribution in [3.8, 4) is 11.5 Å². The molecular formula is C15H14F4O5S. The quantitative estimate of drug-likeness (QED) is 0.330. The van der Waals surface area contributed by atoms with Crippen molar-refractivity contribution in [1.82, 2.24) is 0 Å². The van der Waals surface area contributed by atoms with E-state index in [4.69, 9.17) is 9.47 Å². The highest BCUT2D eigenvalue weighted by atomic mass is 32.2. The van der Waals surface area contributed by atoms with E-state index in [0.717, 1.165) is 12.1 Å². The van der Waals surface area contributed by atoms with Gasteiger partial charge in [-0.2, -0.15) is 21.6 Å². The summed E-state index contributed by atoms with van der Waals surface area (Å²) in [4.78, 5) is 0. The molecule has 0 fully saturated rings. The first-order valence-electron chi connectivity index (χ1n) is 6.98. The molecule has 2 aromatic carbocycles. The lowest BCUT2D eigenvalue weighted by atomic mass is 10.0.